The van der Waals surface area contributed by atoms with Gasteiger partial charge < -0.3 is 25.0 Å². The molecule has 0 heterocycles. The minimum atomic E-state index is -0.434. The molecule has 1 rings (SSSR count). The maximum absolute atomic E-state index is 9.58. The first-order valence-corrected chi connectivity index (χ1v) is 6.49. The van der Waals surface area contributed by atoms with E-state index in [1.807, 2.05) is 19.1 Å². The molecule has 1 aromatic carbocycles. The van der Waals surface area contributed by atoms with Crippen molar-refractivity contribution in [2.45, 2.75) is 26.0 Å². The summed E-state index contributed by atoms with van der Waals surface area (Å²) in [7, 11) is 1.57. The molecular weight excluding hydrogens is 246 g/mol. The van der Waals surface area contributed by atoms with Crippen LogP contribution in [0, 0.1) is 0 Å². The molecule has 0 aliphatic carbocycles. The third-order valence-corrected chi connectivity index (χ3v) is 2.67. The molecule has 0 bridgehead atoms. The maximum atomic E-state index is 9.58. The van der Waals surface area contributed by atoms with Crippen molar-refractivity contribution in [3.63, 3.8) is 0 Å². The van der Waals surface area contributed by atoms with Crippen LogP contribution in [0.1, 0.15) is 18.9 Å². The van der Waals surface area contributed by atoms with E-state index in [9.17, 15) is 10.2 Å². The molecule has 5 heteroatoms. The molecule has 1 aromatic rings. The molecule has 108 valence electrons. The van der Waals surface area contributed by atoms with Gasteiger partial charge in [-0.25, -0.2) is 0 Å². The van der Waals surface area contributed by atoms with Crippen LogP contribution in [0.15, 0.2) is 18.2 Å². The zero-order valence-electron chi connectivity index (χ0n) is 11.6. The van der Waals surface area contributed by atoms with Crippen molar-refractivity contribution < 1.29 is 19.7 Å². The van der Waals surface area contributed by atoms with Gasteiger partial charge in [0, 0.05) is 13.7 Å². The highest BCUT2D eigenvalue weighted by molar-refractivity contribution is 5.41. The number of benzene rings is 1. The average Bonchev–Trinajstić information content (AvgIpc) is 2.39. The molecule has 0 aliphatic rings. The Kier molecular flexibility index (Phi) is 7.25. The van der Waals surface area contributed by atoms with Crippen LogP contribution in [0.4, 0.5) is 0 Å². The summed E-state index contributed by atoms with van der Waals surface area (Å²) < 4.78 is 10.2. The highest BCUT2D eigenvalue weighted by Crippen LogP contribution is 2.26. The summed E-state index contributed by atoms with van der Waals surface area (Å²) in [5.41, 5.74) is 1.03. The summed E-state index contributed by atoms with van der Waals surface area (Å²) in [6.07, 6.45) is 0.209. The first-order chi connectivity index (χ1) is 9.17. The van der Waals surface area contributed by atoms with Crippen LogP contribution in [-0.2, 0) is 11.3 Å². The Morgan fingerprint density at radius 2 is 2.16 bits per heavy atom. The van der Waals surface area contributed by atoms with Crippen LogP contribution in [-0.4, -0.2) is 43.2 Å². The standard InChI is InChI=1S/C14H23NO4/c1-3-19-14-8-11(4-5-13(14)17)9-15-7-6-12(16)10-18-2/h4-5,8,12,15-17H,3,6-7,9-10H2,1-2H3. The fourth-order valence-electron chi connectivity index (χ4n) is 1.72. The average molecular weight is 269 g/mol. The number of phenolic OH excluding ortho intramolecular Hbond substituents is 1. The number of rotatable bonds is 9. The number of aliphatic hydroxyl groups is 1. The summed E-state index contributed by atoms with van der Waals surface area (Å²) in [4.78, 5) is 0. The van der Waals surface area contributed by atoms with Crippen molar-refractivity contribution in [3.05, 3.63) is 23.8 Å². The Hall–Kier alpha value is -1.30. The summed E-state index contributed by atoms with van der Waals surface area (Å²) in [5.74, 6) is 0.655. The fraction of sp³-hybridized carbons (Fsp3) is 0.571. The number of ether oxygens (including phenoxy) is 2. The molecule has 19 heavy (non-hydrogen) atoms. The van der Waals surface area contributed by atoms with Crippen LogP contribution < -0.4 is 10.1 Å². The Morgan fingerprint density at radius 3 is 2.84 bits per heavy atom. The minimum absolute atomic E-state index is 0.154. The number of phenols is 1. The van der Waals surface area contributed by atoms with E-state index in [1.54, 1.807) is 13.2 Å². The van der Waals surface area contributed by atoms with Gasteiger partial charge in [-0.15, -0.1) is 0 Å². The van der Waals surface area contributed by atoms with Crippen LogP contribution in [0.2, 0.25) is 0 Å². The predicted octanol–water partition coefficient (Wildman–Crippen LogP) is 1.28. The van der Waals surface area contributed by atoms with E-state index in [0.29, 0.717) is 38.5 Å². The zero-order valence-corrected chi connectivity index (χ0v) is 11.6. The van der Waals surface area contributed by atoms with E-state index < -0.39 is 6.10 Å². The van der Waals surface area contributed by atoms with E-state index in [4.69, 9.17) is 9.47 Å². The number of hydrogen-bond acceptors (Lipinski definition) is 5. The van der Waals surface area contributed by atoms with Crippen molar-refractivity contribution in [2.24, 2.45) is 0 Å². The predicted molar refractivity (Wildman–Crippen MR) is 73.5 cm³/mol. The summed E-state index contributed by atoms with van der Waals surface area (Å²) in [6.45, 7) is 4.13. The van der Waals surface area contributed by atoms with Gasteiger partial charge in [0.2, 0.25) is 0 Å². The van der Waals surface area contributed by atoms with Crippen molar-refractivity contribution in [3.8, 4) is 11.5 Å². The number of nitrogens with one attached hydrogen (secondary N) is 1. The monoisotopic (exact) mass is 269 g/mol. The van der Waals surface area contributed by atoms with Crippen LogP contribution >= 0.6 is 0 Å². The van der Waals surface area contributed by atoms with E-state index in [-0.39, 0.29) is 5.75 Å². The largest absolute Gasteiger partial charge is 0.504 e. The van der Waals surface area contributed by atoms with Crippen LogP contribution in [0.5, 0.6) is 11.5 Å². The van der Waals surface area contributed by atoms with Gasteiger partial charge in [-0.05, 0) is 37.6 Å². The first kappa shape index (κ1) is 15.8. The Labute approximate surface area is 114 Å². The summed E-state index contributed by atoms with van der Waals surface area (Å²) in [6, 6.07) is 5.29. The second-order valence-corrected chi connectivity index (χ2v) is 4.31. The third-order valence-electron chi connectivity index (χ3n) is 2.67. The van der Waals surface area contributed by atoms with Crippen LogP contribution in [0.25, 0.3) is 0 Å². The number of methoxy groups -OCH3 is 1. The molecule has 0 saturated heterocycles. The van der Waals surface area contributed by atoms with Crippen LogP contribution in [0.3, 0.4) is 0 Å². The fourth-order valence-corrected chi connectivity index (χ4v) is 1.72. The second kappa shape index (κ2) is 8.74. The molecular formula is C14H23NO4. The van der Waals surface area contributed by atoms with Gasteiger partial charge in [0.15, 0.2) is 11.5 Å². The van der Waals surface area contributed by atoms with Gasteiger partial charge in [0.05, 0.1) is 19.3 Å². The molecule has 3 N–H and O–H groups in total. The molecule has 0 fully saturated rings. The molecule has 1 unspecified atom stereocenters. The van der Waals surface area contributed by atoms with E-state index >= 15 is 0 Å². The molecule has 5 nitrogen and oxygen atoms in total. The van der Waals surface area contributed by atoms with Gasteiger partial charge in [-0.3, -0.25) is 0 Å². The maximum Gasteiger partial charge on any atom is 0.161 e. The Balaban J connectivity index is 2.35. The van der Waals surface area contributed by atoms with Crippen molar-refractivity contribution in [1.29, 1.82) is 0 Å². The summed E-state index contributed by atoms with van der Waals surface area (Å²) >= 11 is 0. The van der Waals surface area contributed by atoms with E-state index in [0.717, 1.165) is 5.56 Å². The lowest BCUT2D eigenvalue weighted by atomic mass is 10.2. The number of aliphatic hydroxyl groups excluding tert-OH is 1. The number of hydrogen-bond donors (Lipinski definition) is 3. The lowest BCUT2D eigenvalue weighted by molar-refractivity contribution is 0.0594. The normalized spacial score (nSPS) is 12.4. The third kappa shape index (κ3) is 5.92. The van der Waals surface area contributed by atoms with E-state index in [2.05, 4.69) is 5.32 Å². The molecule has 0 spiro atoms. The van der Waals surface area contributed by atoms with Gasteiger partial charge in [-0.2, -0.15) is 0 Å². The molecule has 0 radical (unpaired) electrons. The highest BCUT2D eigenvalue weighted by atomic mass is 16.5. The molecule has 1 atom stereocenters. The molecule has 0 aromatic heterocycles. The Bertz CT molecular complexity index is 370. The molecule has 0 aliphatic heterocycles. The molecule has 0 saturated carbocycles. The second-order valence-electron chi connectivity index (χ2n) is 4.31. The smallest absolute Gasteiger partial charge is 0.161 e. The van der Waals surface area contributed by atoms with Crippen molar-refractivity contribution in [2.75, 3.05) is 26.9 Å². The number of aromatic hydroxyl groups is 1. The lowest BCUT2D eigenvalue weighted by Crippen LogP contribution is -2.23. The first-order valence-electron chi connectivity index (χ1n) is 6.49. The molecule has 0 amide bonds. The topological polar surface area (TPSA) is 71.0 Å². The SMILES string of the molecule is CCOc1cc(CNCCC(O)COC)ccc1O. The Morgan fingerprint density at radius 1 is 1.37 bits per heavy atom. The van der Waals surface area contributed by atoms with Crippen molar-refractivity contribution >= 4 is 0 Å². The van der Waals surface area contributed by atoms with E-state index in [1.165, 1.54) is 0 Å². The minimum Gasteiger partial charge on any atom is -0.504 e. The quantitative estimate of drug-likeness (QED) is 0.589. The highest BCUT2D eigenvalue weighted by Gasteiger charge is 2.05. The van der Waals surface area contributed by atoms with Gasteiger partial charge in [0.1, 0.15) is 0 Å². The zero-order chi connectivity index (χ0) is 14.1. The lowest BCUT2D eigenvalue weighted by Gasteiger charge is -2.11. The van der Waals surface area contributed by atoms with Gasteiger partial charge >= 0.3 is 0 Å². The van der Waals surface area contributed by atoms with Gasteiger partial charge in [0.25, 0.3) is 0 Å². The summed E-state index contributed by atoms with van der Waals surface area (Å²) in [5, 5.41) is 22.3. The van der Waals surface area contributed by atoms with Crippen molar-refractivity contribution in [1.82, 2.24) is 5.32 Å². The van der Waals surface area contributed by atoms with Gasteiger partial charge in [-0.1, -0.05) is 6.07 Å².